The highest BCUT2D eigenvalue weighted by molar-refractivity contribution is 5.97. The summed E-state index contributed by atoms with van der Waals surface area (Å²) in [6.45, 7) is 0.744. The molecule has 0 aliphatic rings. The number of rotatable bonds is 12. The Bertz CT molecular complexity index is 1040. The van der Waals surface area contributed by atoms with E-state index >= 15 is 0 Å². The van der Waals surface area contributed by atoms with Crippen LogP contribution < -0.4 is 20.1 Å². The quantitative estimate of drug-likeness (QED) is 0.307. The van der Waals surface area contributed by atoms with E-state index in [9.17, 15) is 40.8 Å². The average molecular weight is 535 g/mol. The molecule has 2 aromatic carbocycles. The second kappa shape index (κ2) is 12.9. The van der Waals surface area contributed by atoms with E-state index in [4.69, 9.17) is 4.74 Å². The van der Waals surface area contributed by atoms with Gasteiger partial charge in [-0.25, -0.2) is 0 Å². The predicted molar refractivity (Wildman–Crippen MR) is 119 cm³/mol. The van der Waals surface area contributed by atoms with Gasteiger partial charge in [-0.15, -0.1) is 13.2 Å². The number of nitroso groups, excluding NO2 is 1. The zero-order valence-electron chi connectivity index (χ0n) is 19.4. The fourth-order valence-electron chi connectivity index (χ4n) is 2.91. The largest absolute Gasteiger partial charge is 0.573 e. The normalized spacial score (nSPS) is 13.3. The van der Waals surface area contributed by atoms with E-state index in [1.54, 1.807) is 0 Å². The Balaban J connectivity index is 2.09. The van der Waals surface area contributed by atoms with Crippen LogP contribution in [0.15, 0.2) is 53.7 Å². The first-order valence-corrected chi connectivity index (χ1v) is 10.8. The topological polar surface area (TPSA) is 106 Å². The average Bonchev–Trinajstić information content (AvgIpc) is 2.81. The lowest BCUT2D eigenvalue weighted by molar-refractivity contribution is -0.274. The second-order valence-electron chi connectivity index (χ2n) is 7.86. The van der Waals surface area contributed by atoms with Crippen molar-refractivity contribution >= 4 is 11.8 Å². The molecule has 0 radical (unpaired) electrons. The van der Waals surface area contributed by atoms with Gasteiger partial charge < -0.3 is 20.1 Å². The summed E-state index contributed by atoms with van der Waals surface area (Å²) in [5, 5.41) is 7.72. The smallest absolute Gasteiger partial charge is 0.493 e. The minimum atomic E-state index is -4.87. The van der Waals surface area contributed by atoms with E-state index in [2.05, 4.69) is 20.5 Å². The molecule has 0 spiro atoms. The van der Waals surface area contributed by atoms with Crippen molar-refractivity contribution in [2.75, 3.05) is 13.2 Å². The second-order valence-corrected chi connectivity index (χ2v) is 7.86. The van der Waals surface area contributed by atoms with Gasteiger partial charge in [-0.05, 0) is 48.9 Å². The molecule has 0 saturated carbocycles. The molecule has 2 rings (SSSR count). The highest BCUT2D eigenvalue weighted by Gasteiger charge is 2.31. The van der Waals surface area contributed by atoms with E-state index in [-0.39, 0.29) is 24.3 Å². The molecule has 2 atom stereocenters. The first-order valence-electron chi connectivity index (χ1n) is 10.8. The van der Waals surface area contributed by atoms with E-state index in [0.29, 0.717) is 5.56 Å². The first-order chi connectivity index (χ1) is 17.3. The van der Waals surface area contributed by atoms with Crippen molar-refractivity contribution < 1.29 is 45.4 Å². The summed E-state index contributed by atoms with van der Waals surface area (Å²) in [6.07, 6.45) is -10.5. The highest BCUT2D eigenvalue weighted by Crippen LogP contribution is 2.23. The fraction of sp³-hybridized carbons (Fsp3) is 0.391. The lowest BCUT2D eigenvalue weighted by atomic mass is 10.0. The van der Waals surface area contributed by atoms with Gasteiger partial charge in [-0.1, -0.05) is 17.3 Å². The van der Waals surface area contributed by atoms with Crippen molar-refractivity contribution in [3.05, 3.63) is 64.6 Å². The number of amides is 2. The van der Waals surface area contributed by atoms with E-state index < -0.39 is 55.2 Å². The Morgan fingerprint density at radius 2 is 1.54 bits per heavy atom. The van der Waals surface area contributed by atoms with Gasteiger partial charge in [0.15, 0.2) is 0 Å². The molecular formula is C23H23F6N3O5. The summed E-state index contributed by atoms with van der Waals surface area (Å²) in [5.41, 5.74) is 0.461. The van der Waals surface area contributed by atoms with Crippen LogP contribution in [-0.2, 0) is 11.2 Å². The number of ether oxygens (including phenoxy) is 2. The molecule has 8 nitrogen and oxygen atoms in total. The molecule has 0 saturated heterocycles. The molecule has 2 aromatic rings. The van der Waals surface area contributed by atoms with Gasteiger partial charge in [0.1, 0.15) is 23.6 Å². The van der Waals surface area contributed by atoms with Gasteiger partial charge >= 0.3 is 12.5 Å². The Morgan fingerprint density at radius 1 is 0.946 bits per heavy atom. The molecule has 0 aliphatic heterocycles. The molecule has 0 aromatic heterocycles. The van der Waals surface area contributed by atoms with Crippen LogP contribution in [0.4, 0.5) is 26.3 Å². The molecule has 2 N–H and O–H groups in total. The number of hydrogen-bond acceptors (Lipinski definition) is 6. The fourth-order valence-corrected chi connectivity index (χ4v) is 2.91. The third-order valence-corrected chi connectivity index (χ3v) is 4.74. The summed E-state index contributed by atoms with van der Waals surface area (Å²) in [7, 11) is 0. The third-order valence-electron chi connectivity index (χ3n) is 4.74. The van der Waals surface area contributed by atoms with Crippen LogP contribution in [0.1, 0.15) is 29.3 Å². The number of nitrogens with zero attached hydrogens (tertiary/aromatic N) is 1. The van der Waals surface area contributed by atoms with Gasteiger partial charge in [0.25, 0.3) is 5.91 Å². The van der Waals surface area contributed by atoms with Crippen LogP contribution in [-0.4, -0.2) is 49.6 Å². The monoisotopic (exact) mass is 535 g/mol. The Labute approximate surface area is 207 Å². The van der Waals surface area contributed by atoms with Gasteiger partial charge in [0, 0.05) is 18.5 Å². The van der Waals surface area contributed by atoms with Crippen molar-refractivity contribution in [1.29, 1.82) is 0 Å². The van der Waals surface area contributed by atoms with Gasteiger partial charge in [-0.2, -0.15) is 18.1 Å². The summed E-state index contributed by atoms with van der Waals surface area (Å²) < 4.78 is 82.6. The minimum absolute atomic E-state index is 0.0674. The molecule has 2 amide bonds. The van der Waals surface area contributed by atoms with Crippen LogP contribution in [0.25, 0.3) is 0 Å². The standard InChI is InChI=1S/C23H23F6N3O5/c1-14(32-35)13-30-21(34)19(12-15-2-6-18(7-3-15)37-23(27,28)29)31-20(33)16-4-8-17(9-5-16)36-11-10-22(24,25)26/h2-9,14,19H,10-13H2,1H3,(H,30,34)(H,31,33). The molecule has 2 unspecified atom stereocenters. The SMILES string of the molecule is CC(CNC(=O)C(Cc1ccc(OC(F)(F)F)cc1)NC(=O)c1ccc(OCCC(F)(F)F)cc1)N=O. The van der Waals surface area contributed by atoms with Gasteiger partial charge in [-0.3, -0.25) is 9.59 Å². The summed E-state index contributed by atoms with van der Waals surface area (Å²) in [5.74, 6) is -1.75. The van der Waals surface area contributed by atoms with E-state index in [0.717, 1.165) is 12.1 Å². The molecule has 0 bridgehead atoms. The van der Waals surface area contributed by atoms with E-state index in [1.807, 2.05) is 0 Å². The number of alkyl halides is 6. The number of carbonyl (C=O) groups excluding carboxylic acids is 2. The molecule has 0 fully saturated rings. The van der Waals surface area contributed by atoms with Gasteiger partial charge in [0.2, 0.25) is 5.91 Å². The Hall–Kier alpha value is -3.84. The van der Waals surface area contributed by atoms with Crippen LogP contribution in [0.2, 0.25) is 0 Å². The van der Waals surface area contributed by atoms with Crippen LogP contribution in [0.5, 0.6) is 11.5 Å². The molecule has 202 valence electrons. The number of carbonyl (C=O) groups is 2. The van der Waals surface area contributed by atoms with Crippen molar-refractivity contribution in [3.63, 3.8) is 0 Å². The minimum Gasteiger partial charge on any atom is -0.493 e. The number of halogens is 6. The molecule has 0 aliphatic carbocycles. The Morgan fingerprint density at radius 3 is 2.08 bits per heavy atom. The maximum absolute atomic E-state index is 12.7. The summed E-state index contributed by atoms with van der Waals surface area (Å²) in [4.78, 5) is 36.0. The molecule has 14 heteroatoms. The maximum atomic E-state index is 12.7. The highest BCUT2D eigenvalue weighted by atomic mass is 19.4. The van der Waals surface area contributed by atoms with Crippen molar-refractivity contribution in [1.82, 2.24) is 10.6 Å². The number of hydrogen-bond donors (Lipinski definition) is 2. The first kappa shape index (κ1) is 29.4. The lowest BCUT2D eigenvalue weighted by Crippen LogP contribution is -2.49. The zero-order valence-corrected chi connectivity index (χ0v) is 19.4. The Kier molecular flexibility index (Phi) is 10.3. The van der Waals surface area contributed by atoms with Crippen molar-refractivity contribution in [2.24, 2.45) is 5.18 Å². The third kappa shape index (κ3) is 11.2. The summed E-state index contributed by atoms with van der Waals surface area (Å²) in [6, 6.07) is 7.89. The van der Waals surface area contributed by atoms with Crippen molar-refractivity contribution in [2.45, 2.75) is 44.4 Å². The molecule has 0 heterocycles. The van der Waals surface area contributed by atoms with Crippen LogP contribution in [0.3, 0.4) is 0 Å². The molecule has 37 heavy (non-hydrogen) atoms. The lowest BCUT2D eigenvalue weighted by Gasteiger charge is -2.19. The number of benzene rings is 2. The van der Waals surface area contributed by atoms with E-state index in [1.165, 1.54) is 43.3 Å². The zero-order chi connectivity index (χ0) is 27.6. The van der Waals surface area contributed by atoms with Crippen LogP contribution >= 0.6 is 0 Å². The number of nitrogens with one attached hydrogen (secondary N) is 2. The van der Waals surface area contributed by atoms with Gasteiger partial charge in [0.05, 0.1) is 13.0 Å². The maximum Gasteiger partial charge on any atom is 0.573 e. The molecular weight excluding hydrogens is 512 g/mol. The van der Waals surface area contributed by atoms with Crippen molar-refractivity contribution in [3.8, 4) is 11.5 Å². The van der Waals surface area contributed by atoms with Crippen LogP contribution in [0, 0.1) is 4.91 Å². The summed E-state index contributed by atoms with van der Waals surface area (Å²) >= 11 is 0. The predicted octanol–water partition coefficient (Wildman–Crippen LogP) is 4.53.